The molecular formula is C23H18N2O3. The number of nitrogens with one attached hydrogen (secondary N) is 2. The monoisotopic (exact) mass is 370 g/mol. The Morgan fingerprint density at radius 2 is 1.57 bits per heavy atom. The minimum Gasteiger partial charge on any atom is -0.508 e. The van der Waals surface area contributed by atoms with Gasteiger partial charge in [0.1, 0.15) is 11.3 Å². The molecule has 0 aliphatic heterocycles. The number of aromatic nitrogens is 1. The van der Waals surface area contributed by atoms with Crippen LogP contribution in [0.2, 0.25) is 0 Å². The van der Waals surface area contributed by atoms with Crippen LogP contribution in [0.15, 0.2) is 83.8 Å². The van der Waals surface area contributed by atoms with Crippen molar-refractivity contribution < 1.29 is 9.90 Å². The van der Waals surface area contributed by atoms with Gasteiger partial charge in [-0.3, -0.25) is 9.59 Å². The van der Waals surface area contributed by atoms with Crippen LogP contribution in [-0.2, 0) is 6.42 Å². The number of H-pyrrole nitrogens is 1. The van der Waals surface area contributed by atoms with E-state index >= 15 is 0 Å². The van der Waals surface area contributed by atoms with E-state index in [1.54, 1.807) is 36.4 Å². The van der Waals surface area contributed by atoms with Crippen molar-refractivity contribution in [3.8, 4) is 5.75 Å². The maximum absolute atomic E-state index is 12.8. The molecule has 3 N–H and O–H groups in total. The molecule has 4 aromatic rings. The standard InChI is InChI=1S/C23H18N2O3/c26-21-12-6-2-8-16(21)13-15-7-1-4-10-19(15)25-23(28)18-14-24-20-11-5-3-9-17(20)22(18)27/h1-12,14,26H,13H2,(H,24,27)(H,25,28). The Hall–Kier alpha value is -3.86. The number of phenolic OH excluding ortho intramolecular Hbond substituents is 1. The van der Waals surface area contributed by atoms with Gasteiger partial charge in [0.15, 0.2) is 0 Å². The minimum absolute atomic E-state index is 0.0519. The Kier molecular flexibility index (Phi) is 4.64. The second-order valence-electron chi connectivity index (χ2n) is 6.49. The molecule has 1 aromatic heterocycles. The maximum Gasteiger partial charge on any atom is 0.261 e. The predicted molar refractivity (Wildman–Crippen MR) is 110 cm³/mol. The maximum atomic E-state index is 12.8. The molecule has 138 valence electrons. The molecule has 0 fully saturated rings. The van der Waals surface area contributed by atoms with E-state index < -0.39 is 5.91 Å². The zero-order valence-electron chi connectivity index (χ0n) is 15.0. The lowest BCUT2D eigenvalue weighted by atomic mass is 10.0. The van der Waals surface area contributed by atoms with Gasteiger partial charge in [0, 0.05) is 29.2 Å². The number of anilines is 1. The smallest absolute Gasteiger partial charge is 0.261 e. The third kappa shape index (κ3) is 3.38. The molecule has 0 aliphatic carbocycles. The van der Waals surface area contributed by atoms with Crippen LogP contribution in [0.3, 0.4) is 0 Å². The predicted octanol–water partition coefficient (Wildman–Crippen LogP) is 4.08. The third-order valence-corrected chi connectivity index (χ3v) is 4.67. The number of aromatic hydroxyl groups is 1. The summed E-state index contributed by atoms with van der Waals surface area (Å²) in [6.07, 6.45) is 1.89. The summed E-state index contributed by atoms with van der Waals surface area (Å²) in [6, 6.07) is 21.5. The molecule has 1 heterocycles. The molecule has 0 aliphatic rings. The van der Waals surface area contributed by atoms with E-state index in [4.69, 9.17) is 0 Å². The molecule has 0 atom stereocenters. The van der Waals surface area contributed by atoms with Crippen molar-refractivity contribution in [3.05, 3.63) is 106 Å². The van der Waals surface area contributed by atoms with E-state index in [1.165, 1.54) is 6.20 Å². The SMILES string of the molecule is O=C(Nc1ccccc1Cc1ccccc1O)c1c[nH]c2ccccc2c1=O. The van der Waals surface area contributed by atoms with Gasteiger partial charge in [0.05, 0.1) is 0 Å². The third-order valence-electron chi connectivity index (χ3n) is 4.67. The summed E-state index contributed by atoms with van der Waals surface area (Å²) in [5.41, 5.74) is 2.62. The highest BCUT2D eigenvalue weighted by Crippen LogP contribution is 2.24. The van der Waals surface area contributed by atoms with Crippen LogP contribution in [0.1, 0.15) is 21.5 Å². The molecular weight excluding hydrogens is 352 g/mol. The second kappa shape index (κ2) is 7.40. The van der Waals surface area contributed by atoms with Crippen LogP contribution < -0.4 is 10.7 Å². The summed E-state index contributed by atoms with van der Waals surface area (Å²) in [7, 11) is 0. The summed E-state index contributed by atoms with van der Waals surface area (Å²) in [5.74, 6) is -0.272. The van der Waals surface area contributed by atoms with Crippen LogP contribution in [0.25, 0.3) is 10.9 Å². The first-order valence-electron chi connectivity index (χ1n) is 8.90. The van der Waals surface area contributed by atoms with E-state index in [0.717, 1.165) is 11.1 Å². The van der Waals surface area contributed by atoms with Crippen molar-refractivity contribution in [2.45, 2.75) is 6.42 Å². The summed E-state index contributed by atoms with van der Waals surface area (Å²) < 4.78 is 0. The normalized spacial score (nSPS) is 10.7. The average Bonchev–Trinajstić information content (AvgIpc) is 2.71. The Labute approximate surface area is 161 Å². The summed E-state index contributed by atoms with van der Waals surface area (Å²) in [4.78, 5) is 28.4. The Balaban J connectivity index is 1.65. The number of benzene rings is 3. The van der Waals surface area contributed by atoms with Crippen molar-refractivity contribution in [3.63, 3.8) is 0 Å². The summed E-state index contributed by atoms with van der Waals surface area (Å²) >= 11 is 0. The number of hydrogen-bond donors (Lipinski definition) is 3. The van der Waals surface area contributed by atoms with Gasteiger partial charge in [-0.15, -0.1) is 0 Å². The molecule has 28 heavy (non-hydrogen) atoms. The molecule has 5 heteroatoms. The molecule has 0 spiro atoms. The summed E-state index contributed by atoms with van der Waals surface area (Å²) in [5, 5.41) is 13.3. The van der Waals surface area contributed by atoms with Gasteiger partial charge in [-0.05, 0) is 35.4 Å². The first kappa shape index (κ1) is 17.5. The summed E-state index contributed by atoms with van der Waals surface area (Å²) in [6.45, 7) is 0. The number of pyridine rings is 1. The second-order valence-corrected chi connectivity index (χ2v) is 6.49. The van der Waals surface area contributed by atoms with Crippen molar-refractivity contribution in [1.82, 2.24) is 4.98 Å². The van der Waals surface area contributed by atoms with Crippen LogP contribution in [0.5, 0.6) is 5.75 Å². The number of fused-ring (bicyclic) bond motifs is 1. The zero-order valence-corrected chi connectivity index (χ0v) is 15.0. The Morgan fingerprint density at radius 1 is 0.893 bits per heavy atom. The lowest BCUT2D eigenvalue weighted by Crippen LogP contribution is -2.22. The van der Waals surface area contributed by atoms with Crippen LogP contribution in [-0.4, -0.2) is 16.0 Å². The molecule has 0 saturated carbocycles. The molecule has 0 unspecified atom stereocenters. The number of aromatic amines is 1. The van der Waals surface area contributed by atoms with Gasteiger partial charge in [0.2, 0.25) is 5.43 Å². The minimum atomic E-state index is -0.475. The molecule has 5 nitrogen and oxygen atoms in total. The lowest BCUT2D eigenvalue weighted by Gasteiger charge is -2.12. The number of rotatable bonds is 4. The van der Waals surface area contributed by atoms with Gasteiger partial charge in [-0.1, -0.05) is 48.5 Å². The van der Waals surface area contributed by atoms with E-state index in [2.05, 4.69) is 10.3 Å². The topological polar surface area (TPSA) is 82.2 Å². The van der Waals surface area contributed by atoms with Crippen LogP contribution in [0.4, 0.5) is 5.69 Å². The van der Waals surface area contributed by atoms with Gasteiger partial charge >= 0.3 is 0 Å². The van der Waals surface area contributed by atoms with Crippen molar-refractivity contribution in [2.75, 3.05) is 5.32 Å². The fourth-order valence-corrected chi connectivity index (χ4v) is 3.19. The quantitative estimate of drug-likeness (QED) is 0.506. The fourth-order valence-electron chi connectivity index (χ4n) is 3.19. The lowest BCUT2D eigenvalue weighted by molar-refractivity contribution is 0.102. The van der Waals surface area contributed by atoms with Gasteiger partial charge in [-0.25, -0.2) is 0 Å². The van der Waals surface area contributed by atoms with E-state index in [0.29, 0.717) is 23.0 Å². The number of para-hydroxylation sites is 3. The van der Waals surface area contributed by atoms with E-state index in [1.807, 2.05) is 36.4 Å². The van der Waals surface area contributed by atoms with Gasteiger partial charge < -0.3 is 15.4 Å². The molecule has 1 amide bonds. The highest BCUT2D eigenvalue weighted by Gasteiger charge is 2.15. The van der Waals surface area contributed by atoms with Crippen LogP contribution in [0, 0.1) is 0 Å². The Bertz CT molecular complexity index is 1230. The van der Waals surface area contributed by atoms with Crippen molar-refractivity contribution in [2.24, 2.45) is 0 Å². The number of carbonyl (C=O) groups excluding carboxylic acids is 1. The first-order chi connectivity index (χ1) is 13.6. The van der Waals surface area contributed by atoms with Gasteiger partial charge in [-0.2, -0.15) is 0 Å². The average molecular weight is 370 g/mol. The zero-order chi connectivity index (χ0) is 19.5. The number of phenols is 1. The van der Waals surface area contributed by atoms with E-state index in [-0.39, 0.29) is 16.7 Å². The molecule has 0 saturated heterocycles. The molecule has 3 aromatic carbocycles. The highest BCUT2D eigenvalue weighted by molar-refractivity contribution is 6.06. The highest BCUT2D eigenvalue weighted by atomic mass is 16.3. The number of hydrogen-bond acceptors (Lipinski definition) is 3. The molecule has 4 rings (SSSR count). The number of amides is 1. The first-order valence-corrected chi connectivity index (χ1v) is 8.90. The van der Waals surface area contributed by atoms with Gasteiger partial charge in [0.25, 0.3) is 5.91 Å². The molecule has 0 radical (unpaired) electrons. The van der Waals surface area contributed by atoms with E-state index in [9.17, 15) is 14.7 Å². The largest absolute Gasteiger partial charge is 0.508 e. The van der Waals surface area contributed by atoms with Crippen molar-refractivity contribution >= 4 is 22.5 Å². The van der Waals surface area contributed by atoms with Crippen molar-refractivity contribution in [1.29, 1.82) is 0 Å². The number of carbonyl (C=O) groups is 1. The Morgan fingerprint density at radius 3 is 2.39 bits per heavy atom. The molecule has 0 bridgehead atoms. The van der Waals surface area contributed by atoms with Crippen LogP contribution >= 0.6 is 0 Å². The fraction of sp³-hybridized carbons (Fsp3) is 0.0435.